The Bertz CT molecular complexity index is 1140. The van der Waals surface area contributed by atoms with Crippen LogP contribution < -0.4 is 10.5 Å². The lowest BCUT2D eigenvalue weighted by molar-refractivity contribution is 0.0807. The minimum Gasteiger partial charge on any atom is -0.485 e. The van der Waals surface area contributed by atoms with Crippen molar-refractivity contribution in [2.45, 2.75) is 51.1 Å². The summed E-state index contributed by atoms with van der Waals surface area (Å²) in [6, 6.07) is 11.3. The third-order valence-electron chi connectivity index (χ3n) is 6.13. The molecule has 1 aromatic carbocycles. The quantitative estimate of drug-likeness (QED) is 0.473. The average Bonchev–Trinajstić information content (AvgIpc) is 3.13. The number of nitrogens with zero attached hydrogens (tertiary/aromatic N) is 2. The van der Waals surface area contributed by atoms with Crippen LogP contribution in [0, 0.1) is 27.3 Å². The summed E-state index contributed by atoms with van der Waals surface area (Å²) in [6.45, 7) is 12.0. The van der Waals surface area contributed by atoms with E-state index in [0.29, 0.717) is 30.1 Å². The predicted molar refractivity (Wildman–Crippen MR) is 128 cm³/mol. The Kier molecular flexibility index (Phi) is 6.77. The highest BCUT2D eigenvalue weighted by molar-refractivity contribution is 7.71. The predicted octanol–water partition coefficient (Wildman–Crippen LogP) is 4.90. The summed E-state index contributed by atoms with van der Waals surface area (Å²) in [6.07, 6.45) is -0.335. The highest BCUT2D eigenvalue weighted by atomic mass is 32.1. The van der Waals surface area contributed by atoms with Crippen molar-refractivity contribution < 1.29 is 13.9 Å². The summed E-state index contributed by atoms with van der Waals surface area (Å²) in [7, 11) is -1.96. The second-order valence-electron chi connectivity index (χ2n) is 9.35. The standard InChI is InChI=1S/C23H28N4O3SSi/c1-23(2,3)32(4,5)30-19-13-28-12-18(19)29-15-8-6-14(7-9-15)20-16(10-24)21(26)27-22(31)17(20)11-25/h6-9,18-19H,12-13H2,1-5H3,(H3,26,27,31)/t18-,19-/m0/s1. The zero-order valence-corrected chi connectivity index (χ0v) is 20.8. The first-order valence-electron chi connectivity index (χ1n) is 10.4. The molecule has 9 heteroatoms. The number of H-pyrrole nitrogens is 1. The van der Waals surface area contributed by atoms with E-state index in [1.165, 1.54) is 0 Å². The first-order chi connectivity index (χ1) is 15.0. The summed E-state index contributed by atoms with van der Waals surface area (Å²) in [4.78, 5) is 2.71. The van der Waals surface area contributed by atoms with Crippen LogP contribution in [0.5, 0.6) is 5.75 Å². The van der Waals surface area contributed by atoms with Gasteiger partial charge < -0.3 is 24.6 Å². The number of pyridine rings is 1. The van der Waals surface area contributed by atoms with Crippen molar-refractivity contribution in [1.82, 2.24) is 4.98 Å². The molecule has 2 atom stereocenters. The molecule has 1 saturated heterocycles. The number of ether oxygens (including phenoxy) is 2. The van der Waals surface area contributed by atoms with Gasteiger partial charge in [0, 0.05) is 5.56 Å². The third-order valence-corrected chi connectivity index (χ3v) is 10.9. The van der Waals surface area contributed by atoms with Crippen LogP contribution in [0.4, 0.5) is 5.82 Å². The van der Waals surface area contributed by atoms with Crippen LogP contribution in [-0.2, 0) is 9.16 Å². The number of rotatable bonds is 5. The molecular formula is C23H28N4O3SSi. The van der Waals surface area contributed by atoms with Gasteiger partial charge in [-0.15, -0.1) is 0 Å². The SMILES string of the molecule is CC(C)(C)[Si](C)(C)O[C@H]1COC[C@@H]1Oc1ccc(-c2c(C#N)c(N)[nH]c(=S)c2C#N)cc1. The number of nitrogens with two attached hydrogens (primary N) is 1. The zero-order chi connectivity index (χ0) is 23.7. The summed E-state index contributed by atoms with van der Waals surface area (Å²) < 4.78 is 18.6. The lowest BCUT2D eigenvalue weighted by Crippen LogP contribution is -2.47. The van der Waals surface area contributed by atoms with Crippen molar-refractivity contribution in [3.8, 4) is 29.0 Å². The first-order valence-corrected chi connectivity index (χ1v) is 13.7. The number of aromatic amines is 1. The number of nitriles is 2. The van der Waals surface area contributed by atoms with Gasteiger partial charge >= 0.3 is 0 Å². The molecule has 1 aliphatic rings. The van der Waals surface area contributed by atoms with Crippen LogP contribution in [0.1, 0.15) is 31.9 Å². The molecule has 32 heavy (non-hydrogen) atoms. The second-order valence-corrected chi connectivity index (χ2v) is 14.5. The van der Waals surface area contributed by atoms with Crippen LogP contribution in [0.3, 0.4) is 0 Å². The van der Waals surface area contributed by atoms with Gasteiger partial charge in [0.05, 0.1) is 18.8 Å². The van der Waals surface area contributed by atoms with Crippen molar-refractivity contribution in [1.29, 1.82) is 10.5 Å². The molecule has 1 aliphatic heterocycles. The Balaban J connectivity index is 1.84. The number of aromatic nitrogens is 1. The van der Waals surface area contributed by atoms with Crippen LogP contribution >= 0.6 is 12.2 Å². The van der Waals surface area contributed by atoms with E-state index in [-0.39, 0.29) is 38.8 Å². The molecule has 0 unspecified atom stereocenters. The summed E-state index contributed by atoms with van der Waals surface area (Å²) >= 11 is 5.22. The Morgan fingerprint density at radius 1 is 1.09 bits per heavy atom. The lowest BCUT2D eigenvalue weighted by Gasteiger charge is -2.39. The molecular weight excluding hydrogens is 440 g/mol. The largest absolute Gasteiger partial charge is 0.485 e. The highest BCUT2D eigenvalue weighted by Gasteiger charge is 2.43. The fourth-order valence-corrected chi connectivity index (χ4v) is 4.88. The third kappa shape index (κ3) is 4.72. The molecule has 168 valence electrons. The van der Waals surface area contributed by atoms with Gasteiger partial charge in [0.25, 0.3) is 0 Å². The highest BCUT2D eigenvalue weighted by Crippen LogP contribution is 2.38. The van der Waals surface area contributed by atoms with E-state index >= 15 is 0 Å². The number of benzene rings is 1. The maximum atomic E-state index is 9.56. The van der Waals surface area contributed by atoms with E-state index < -0.39 is 8.32 Å². The summed E-state index contributed by atoms with van der Waals surface area (Å²) in [5, 5.41) is 19.2. The topological polar surface area (TPSA) is 117 Å². The molecule has 0 saturated carbocycles. The lowest BCUT2D eigenvalue weighted by atomic mass is 9.97. The molecule has 0 spiro atoms. The fourth-order valence-electron chi connectivity index (χ4n) is 3.30. The maximum absolute atomic E-state index is 9.56. The van der Waals surface area contributed by atoms with Crippen molar-refractivity contribution in [2.75, 3.05) is 18.9 Å². The van der Waals surface area contributed by atoms with Crippen LogP contribution in [0.25, 0.3) is 11.1 Å². The Morgan fingerprint density at radius 2 is 1.69 bits per heavy atom. The average molecular weight is 469 g/mol. The van der Waals surface area contributed by atoms with E-state index in [2.05, 4.69) is 51.0 Å². The number of hydrogen-bond acceptors (Lipinski definition) is 7. The molecule has 3 rings (SSSR count). The molecule has 0 amide bonds. The molecule has 0 radical (unpaired) electrons. The van der Waals surface area contributed by atoms with Gasteiger partial charge in [-0.3, -0.25) is 0 Å². The summed E-state index contributed by atoms with van der Waals surface area (Å²) in [5.74, 6) is 0.791. The van der Waals surface area contributed by atoms with Gasteiger partial charge in [-0.25, -0.2) is 0 Å². The molecule has 7 nitrogen and oxygen atoms in total. The Hall–Kier alpha value is -2.69. The second kappa shape index (κ2) is 9.05. The van der Waals surface area contributed by atoms with Gasteiger partial charge in [-0.1, -0.05) is 45.1 Å². The first kappa shape index (κ1) is 24.0. The van der Waals surface area contributed by atoms with E-state index in [0.717, 1.165) is 0 Å². The molecule has 2 aromatic rings. The molecule has 1 fully saturated rings. The van der Waals surface area contributed by atoms with Gasteiger partial charge in [0.1, 0.15) is 46.1 Å². The molecule has 2 heterocycles. The fraction of sp³-hybridized carbons (Fsp3) is 0.435. The van der Waals surface area contributed by atoms with Gasteiger partial charge in [-0.05, 0) is 35.8 Å². The van der Waals surface area contributed by atoms with Crippen molar-refractivity contribution in [2.24, 2.45) is 0 Å². The monoisotopic (exact) mass is 468 g/mol. The maximum Gasteiger partial charge on any atom is 0.192 e. The number of hydrogen-bond donors (Lipinski definition) is 2. The molecule has 3 N–H and O–H groups in total. The van der Waals surface area contributed by atoms with E-state index in [9.17, 15) is 10.5 Å². The van der Waals surface area contributed by atoms with E-state index in [4.69, 9.17) is 31.9 Å². The summed E-state index contributed by atoms with van der Waals surface area (Å²) in [5.41, 5.74) is 7.41. The molecule has 1 aromatic heterocycles. The van der Waals surface area contributed by atoms with Crippen molar-refractivity contribution >= 4 is 26.4 Å². The van der Waals surface area contributed by atoms with Gasteiger partial charge in [0.2, 0.25) is 0 Å². The van der Waals surface area contributed by atoms with Crippen molar-refractivity contribution in [3.05, 3.63) is 40.0 Å². The zero-order valence-electron chi connectivity index (χ0n) is 19.0. The molecule has 0 bridgehead atoms. The normalized spacial score (nSPS) is 18.7. The molecule has 0 aliphatic carbocycles. The van der Waals surface area contributed by atoms with E-state index in [1.807, 2.05) is 0 Å². The van der Waals surface area contributed by atoms with Gasteiger partial charge in [-0.2, -0.15) is 10.5 Å². The van der Waals surface area contributed by atoms with Crippen LogP contribution in [-0.4, -0.2) is 38.7 Å². The number of anilines is 1. The van der Waals surface area contributed by atoms with Gasteiger partial charge in [0.15, 0.2) is 8.32 Å². The minimum atomic E-state index is -1.96. The van der Waals surface area contributed by atoms with Crippen LogP contribution in [0.2, 0.25) is 18.1 Å². The van der Waals surface area contributed by atoms with E-state index in [1.54, 1.807) is 24.3 Å². The van der Waals surface area contributed by atoms with Crippen LogP contribution in [0.15, 0.2) is 24.3 Å². The Morgan fingerprint density at radius 3 is 2.25 bits per heavy atom. The van der Waals surface area contributed by atoms with Crippen molar-refractivity contribution in [3.63, 3.8) is 0 Å². The Labute approximate surface area is 194 Å². The number of nitrogen functional groups attached to an aromatic ring is 1. The number of nitrogens with one attached hydrogen (secondary N) is 1. The minimum absolute atomic E-state index is 0.0944. The smallest absolute Gasteiger partial charge is 0.192 e.